The van der Waals surface area contributed by atoms with Gasteiger partial charge < -0.3 is 10.4 Å². The van der Waals surface area contributed by atoms with E-state index in [1.807, 2.05) is 0 Å². The number of halogens is 1. The Morgan fingerprint density at radius 2 is 2.06 bits per heavy atom. The molecule has 0 saturated carbocycles. The molecule has 0 atom stereocenters. The summed E-state index contributed by atoms with van der Waals surface area (Å²) in [6.07, 6.45) is 1.13. The molecule has 0 fully saturated rings. The van der Waals surface area contributed by atoms with Gasteiger partial charge >= 0.3 is 5.97 Å². The molecule has 0 aliphatic carbocycles. The van der Waals surface area contributed by atoms with Gasteiger partial charge in [0.05, 0.1) is 11.3 Å². The fourth-order valence-corrected chi connectivity index (χ4v) is 1.23. The van der Waals surface area contributed by atoms with E-state index in [9.17, 15) is 4.79 Å². The second-order valence-corrected chi connectivity index (χ2v) is 3.36. The number of allylic oxidation sites excluding steroid dienone is 1. The summed E-state index contributed by atoms with van der Waals surface area (Å²) < 4.78 is 0. The number of rotatable bonds is 3. The molecular weight excluding hydrogens is 242 g/mol. The number of nitrogens with zero attached hydrogens (tertiary/aromatic N) is 2. The molecule has 5 nitrogen and oxygen atoms in total. The van der Waals surface area contributed by atoms with Crippen molar-refractivity contribution in [2.24, 2.45) is 0 Å². The van der Waals surface area contributed by atoms with Crippen molar-refractivity contribution in [2.75, 3.05) is 5.32 Å². The average Bonchev–Trinajstić information content (AvgIpc) is 2.31. The lowest BCUT2D eigenvalue weighted by molar-refractivity contribution is 0.0698. The van der Waals surface area contributed by atoms with E-state index in [0.717, 1.165) is 6.20 Å². The summed E-state index contributed by atoms with van der Waals surface area (Å²) in [5, 5.41) is 28.8. The summed E-state index contributed by atoms with van der Waals surface area (Å²) in [4.78, 5) is 10.9. The second-order valence-electron chi connectivity index (χ2n) is 2.92. The molecule has 0 unspecified atom stereocenters. The average molecular weight is 248 g/mol. The van der Waals surface area contributed by atoms with Crippen molar-refractivity contribution in [3.8, 4) is 12.1 Å². The van der Waals surface area contributed by atoms with Crippen LogP contribution in [-0.4, -0.2) is 11.1 Å². The molecule has 0 bridgehead atoms. The number of nitrogens with one attached hydrogen (secondary N) is 1. The molecule has 0 aromatic heterocycles. The molecular formula is C11H6ClN3O2. The van der Waals surface area contributed by atoms with E-state index >= 15 is 0 Å². The van der Waals surface area contributed by atoms with Crippen molar-refractivity contribution < 1.29 is 9.90 Å². The lowest BCUT2D eigenvalue weighted by atomic mass is 10.2. The maximum absolute atomic E-state index is 10.9. The quantitative estimate of drug-likeness (QED) is 0.799. The van der Waals surface area contributed by atoms with Crippen molar-refractivity contribution in [3.05, 3.63) is 40.6 Å². The van der Waals surface area contributed by atoms with Gasteiger partial charge in [-0.25, -0.2) is 4.79 Å². The highest BCUT2D eigenvalue weighted by atomic mass is 35.5. The lowest BCUT2D eigenvalue weighted by Gasteiger charge is -2.05. The monoisotopic (exact) mass is 247 g/mol. The van der Waals surface area contributed by atoms with Crippen molar-refractivity contribution in [1.29, 1.82) is 10.5 Å². The maximum Gasteiger partial charge on any atom is 0.337 e. The third-order valence-corrected chi connectivity index (χ3v) is 2.06. The summed E-state index contributed by atoms with van der Waals surface area (Å²) in [5.41, 5.74) is 0.0603. The summed E-state index contributed by atoms with van der Waals surface area (Å²) in [7, 11) is 0. The van der Waals surface area contributed by atoms with Crippen LogP contribution in [0.3, 0.4) is 0 Å². The Hall–Kier alpha value is -2.50. The summed E-state index contributed by atoms with van der Waals surface area (Å²) >= 11 is 5.67. The third-order valence-electron chi connectivity index (χ3n) is 1.82. The number of hydrogen-bond donors (Lipinski definition) is 2. The Bertz CT molecular complexity index is 551. The van der Waals surface area contributed by atoms with Gasteiger partial charge in [0.25, 0.3) is 0 Å². The fraction of sp³-hybridized carbons (Fsp3) is 0. The minimum atomic E-state index is -1.15. The number of carbonyl (C=O) groups is 1. The molecule has 0 aliphatic heterocycles. The zero-order chi connectivity index (χ0) is 12.8. The number of aromatic carboxylic acids is 1. The molecule has 2 N–H and O–H groups in total. The fourth-order valence-electron chi connectivity index (χ4n) is 1.06. The van der Waals surface area contributed by atoms with E-state index in [1.165, 1.54) is 18.2 Å². The van der Waals surface area contributed by atoms with Crippen molar-refractivity contribution >= 4 is 23.3 Å². The zero-order valence-corrected chi connectivity index (χ0v) is 9.19. The molecule has 84 valence electrons. The number of anilines is 1. The van der Waals surface area contributed by atoms with Crippen LogP contribution in [0.15, 0.2) is 30.0 Å². The predicted molar refractivity (Wildman–Crippen MR) is 61.3 cm³/mol. The Morgan fingerprint density at radius 1 is 1.41 bits per heavy atom. The van der Waals surface area contributed by atoms with Crippen LogP contribution >= 0.6 is 11.6 Å². The summed E-state index contributed by atoms with van der Waals surface area (Å²) in [6.45, 7) is 0. The molecule has 1 aromatic carbocycles. The maximum atomic E-state index is 10.9. The Morgan fingerprint density at radius 3 is 2.59 bits per heavy atom. The van der Waals surface area contributed by atoms with Crippen LogP contribution in [0.1, 0.15) is 10.4 Å². The Kier molecular flexibility index (Phi) is 4.10. The van der Waals surface area contributed by atoms with Crippen LogP contribution in [-0.2, 0) is 0 Å². The molecule has 0 amide bonds. The van der Waals surface area contributed by atoms with Crippen LogP contribution < -0.4 is 5.32 Å². The number of carboxylic acid groups (broad SMARTS) is 1. The number of carboxylic acids is 1. The lowest BCUT2D eigenvalue weighted by Crippen LogP contribution is -2.02. The molecule has 1 aromatic rings. The number of nitriles is 2. The van der Waals surface area contributed by atoms with Gasteiger partial charge in [0, 0.05) is 11.2 Å². The first-order chi connectivity index (χ1) is 8.08. The Labute approximate surface area is 102 Å². The highest BCUT2D eigenvalue weighted by Gasteiger charge is 2.09. The van der Waals surface area contributed by atoms with E-state index in [0.29, 0.717) is 0 Å². The van der Waals surface area contributed by atoms with E-state index in [2.05, 4.69) is 5.32 Å². The standard InChI is InChI=1S/C11H6ClN3O2/c12-8-1-2-10(9(3-8)11(16)17)15-6-7(4-13)5-14/h1-3,6,15H,(H,16,17). The third kappa shape index (κ3) is 3.23. The van der Waals surface area contributed by atoms with E-state index in [4.69, 9.17) is 27.2 Å². The van der Waals surface area contributed by atoms with E-state index in [-0.39, 0.29) is 21.8 Å². The van der Waals surface area contributed by atoms with Gasteiger partial charge in [0.15, 0.2) is 0 Å². The van der Waals surface area contributed by atoms with E-state index in [1.54, 1.807) is 12.1 Å². The molecule has 0 spiro atoms. The van der Waals surface area contributed by atoms with Crippen molar-refractivity contribution in [1.82, 2.24) is 0 Å². The van der Waals surface area contributed by atoms with Crippen molar-refractivity contribution in [2.45, 2.75) is 0 Å². The van der Waals surface area contributed by atoms with Gasteiger partial charge in [0.2, 0.25) is 0 Å². The second kappa shape index (κ2) is 5.55. The molecule has 6 heteroatoms. The van der Waals surface area contributed by atoms with Crippen LogP contribution in [0.2, 0.25) is 5.02 Å². The van der Waals surface area contributed by atoms with Crippen molar-refractivity contribution in [3.63, 3.8) is 0 Å². The van der Waals surface area contributed by atoms with Crippen LogP contribution in [0.4, 0.5) is 5.69 Å². The topological polar surface area (TPSA) is 96.9 Å². The number of hydrogen-bond acceptors (Lipinski definition) is 4. The summed E-state index contributed by atoms with van der Waals surface area (Å²) in [5.74, 6) is -1.15. The molecule has 1 rings (SSSR count). The summed E-state index contributed by atoms with van der Waals surface area (Å²) in [6, 6.07) is 7.52. The molecule has 0 saturated heterocycles. The van der Waals surface area contributed by atoms with E-state index < -0.39 is 5.97 Å². The van der Waals surface area contributed by atoms with Gasteiger partial charge in [-0.2, -0.15) is 10.5 Å². The minimum absolute atomic E-state index is 0.0380. The van der Waals surface area contributed by atoms with Crippen LogP contribution in [0, 0.1) is 22.7 Å². The van der Waals surface area contributed by atoms with Crippen LogP contribution in [0.5, 0.6) is 0 Å². The zero-order valence-electron chi connectivity index (χ0n) is 8.44. The minimum Gasteiger partial charge on any atom is -0.478 e. The van der Waals surface area contributed by atoms with Gasteiger partial charge in [0.1, 0.15) is 17.7 Å². The molecule has 0 heterocycles. The van der Waals surface area contributed by atoms with Gasteiger partial charge in [-0.3, -0.25) is 0 Å². The first-order valence-corrected chi connectivity index (χ1v) is 4.76. The Balaban J connectivity index is 3.09. The highest BCUT2D eigenvalue weighted by molar-refractivity contribution is 6.31. The smallest absolute Gasteiger partial charge is 0.337 e. The first kappa shape index (κ1) is 12.6. The predicted octanol–water partition coefficient (Wildman–Crippen LogP) is 2.38. The van der Waals surface area contributed by atoms with Crippen LogP contribution in [0.25, 0.3) is 0 Å². The van der Waals surface area contributed by atoms with Gasteiger partial charge in [-0.15, -0.1) is 0 Å². The number of benzene rings is 1. The first-order valence-electron chi connectivity index (χ1n) is 4.38. The normalized spacial score (nSPS) is 8.65. The molecule has 0 aliphatic rings. The largest absolute Gasteiger partial charge is 0.478 e. The molecule has 0 radical (unpaired) electrons. The van der Waals surface area contributed by atoms with Gasteiger partial charge in [-0.05, 0) is 18.2 Å². The van der Waals surface area contributed by atoms with Gasteiger partial charge in [-0.1, -0.05) is 11.6 Å². The molecule has 17 heavy (non-hydrogen) atoms. The SMILES string of the molecule is N#CC(C#N)=CNc1ccc(Cl)cc1C(=O)O. The highest BCUT2D eigenvalue weighted by Crippen LogP contribution is 2.20.